The average molecular weight is 375 g/mol. The van der Waals surface area contributed by atoms with E-state index in [4.69, 9.17) is 5.73 Å². The Labute approximate surface area is 161 Å². The molecule has 7 heteroatoms. The van der Waals surface area contributed by atoms with E-state index < -0.39 is 5.92 Å². The Hall–Kier alpha value is -3.42. The van der Waals surface area contributed by atoms with Crippen LogP contribution in [-0.4, -0.2) is 32.7 Å². The molecular weight excluding hydrogens is 354 g/mol. The first-order chi connectivity index (χ1) is 13.7. The second-order valence-electron chi connectivity index (χ2n) is 6.60. The van der Waals surface area contributed by atoms with Gasteiger partial charge in [-0.15, -0.1) is 0 Å². The molecule has 1 atom stereocenters. The number of carbonyl (C=O) groups is 1. The number of fused-ring (bicyclic) bond motifs is 1. The van der Waals surface area contributed by atoms with Crippen LogP contribution in [0, 0.1) is 0 Å². The Morgan fingerprint density at radius 1 is 1.21 bits per heavy atom. The average Bonchev–Trinajstić information content (AvgIpc) is 3.38. The molecule has 1 amide bonds. The predicted octanol–water partition coefficient (Wildman–Crippen LogP) is 2.73. The zero-order chi connectivity index (χ0) is 19.5. The lowest BCUT2D eigenvalue weighted by molar-refractivity contribution is -0.117. The SMILES string of the molecule is NCC(C(=O)Nc1cccc2c(-c3cn[nH]c3)c[nH]c12)c1cccc(CO)c1. The first kappa shape index (κ1) is 18.0. The molecule has 2 aromatic heterocycles. The summed E-state index contributed by atoms with van der Waals surface area (Å²) >= 11 is 0. The summed E-state index contributed by atoms with van der Waals surface area (Å²) in [5.41, 5.74) is 10.9. The van der Waals surface area contributed by atoms with E-state index in [-0.39, 0.29) is 19.1 Å². The van der Waals surface area contributed by atoms with Gasteiger partial charge in [0.15, 0.2) is 0 Å². The number of benzene rings is 2. The molecule has 7 nitrogen and oxygen atoms in total. The summed E-state index contributed by atoms with van der Waals surface area (Å²) in [4.78, 5) is 16.2. The van der Waals surface area contributed by atoms with E-state index >= 15 is 0 Å². The molecule has 4 aromatic rings. The third-order valence-electron chi connectivity index (χ3n) is 4.87. The molecule has 0 aliphatic rings. The monoisotopic (exact) mass is 375 g/mol. The van der Waals surface area contributed by atoms with Crippen LogP contribution in [0.15, 0.2) is 61.1 Å². The summed E-state index contributed by atoms with van der Waals surface area (Å²) in [6, 6.07) is 13.0. The van der Waals surface area contributed by atoms with Crippen molar-refractivity contribution in [3.63, 3.8) is 0 Å². The molecule has 6 N–H and O–H groups in total. The fraction of sp³-hybridized carbons (Fsp3) is 0.143. The number of aliphatic hydroxyl groups excluding tert-OH is 1. The van der Waals surface area contributed by atoms with Crippen LogP contribution < -0.4 is 11.1 Å². The van der Waals surface area contributed by atoms with Crippen LogP contribution in [0.25, 0.3) is 22.0 Å². The highest BCUT2D eigenvalue weighted by atomic mass is 16.3. The maximum absolute atomic E-state index is 12.9. The van der Waals surface area contributed by atoms with Gasteiger partial charge in [0.25, 0.3) is 0 Å². The molecule has 0 radical (unpaired) electrons. The van der Waals surface area contributed by atoms with E-state index in [1.54, 1.807) is 6.20 Å². The van der Waals surface area contributed by atoms with Gasteiger partial charge in [-0.25, -0.2) is 0 Å². The number of nitrogens with two attached hydrogens (primary N) is 1. The number of nitrogens with one attached hydrogen (secondary N) is 3. The van der Waals surface area contributed by atoms with Gasteiger partial charge in [0.05, 0.1) is 29.9 Å². The third-order valence-corrected chi connectivity index (χ3v) is 4.87. The Morgan fingerprint density at radius 3 is 2.82 bits per heavy atom. The normalized spacial score (nSPS) is 12.2. The van der Waals surface area contributed by atoms with E-state index in [1.165, 1.54) is 0 Å². The van der Waals surface area contributed by atoms with Crippen molar-refractivity contribution >= 4 is 22.5 Å². The van der Waals surface area contributed by atoms with Crippen molar-refractivity contribution in [3.8, 4) is 11.1 Å². The van der Waals surface area contributed by atoms with Crippen molar-refractivity contribution in [1.29, 1.82) is 0 Å². The summed E-state index contributed by atoms with van der Waals surface area (Å²) < 4.78 is 0. The van der Waals surface area contributed by atoms with E-state index in [2.05, 4.69) is 20.5 Å². The molecule has 1 unspecified atom stereocenters. The Balaban J connectivity index is 1.64. The number of H-pyrrole nitrogens is 2. The first-order valence-corrected chi connectivity index (χ1v) is 9.01. The molecule has 28 heavy (non-hydrogen) atoms. The molecule has 0 aliphatic carbocycles. The number of anilines is 1. The largest absolute Gasteiger partial charge is 0.392 e. The molecule has 142 valence electrons. The van der Waals surface area contributed by atoms with Crippen LogP contribution >= 0.6 is 0 Å². The van der Waals surface area contributed by atoms with Gasteiger partial charge in [0.2, 0.25) is 5.91 Å². The molecule has 0 spiro atoms. The molecule has 4 rings (SSSR count). The molecule has 0 fully saturated rings. The summed E-state index contributed by atoms with van der Waals surface area (Å²) in [6.45, 7) is 0.0903. The quantitative estimate of drug-likeness (QED) is 0.356. The minimum Gasteiger partial charge on any atom is -0.392 e. The third kappa shape index (κ3) is 3.28. The van der Waals surface area contributed by atoms with Gasteiger partial charge in [0.1, 0.15) is 0 Å². The second-order valence-corrected chi connectivity index (χ2v) is 6.60. The fourth-order valence-corrected chi connectivity index (χ4v) is 3.42. The lowest BCUT2D eigenvalue weighted by atomic mass is 9.96. The van der Waals surface area contributed by atoms with Crippen LogP contribution in [0.4, 0.5) is 5.69 Å². The van der Waals surface area contributed by atoms with Gasteiger partial charge in [-0.05, 0) is 17.2 Å². The van der Waals surface area contributed by atoms with Gasteiger partial charge in [-0.1, -0.05) is 36.4 Å². The predicted molar refractivity (Wildman–Crippen MR) is 109 cm³/mol. The zero-order valence-corrected chi connectivity index (χ0v) is 15.1. The van der Waals surface area contributed by atoms with Crippen molar-refractivity contribution < 1.29 is 9.90 Å². The van der Waals surface area contributed by atoms with Crippen LogP contribution in [-0.2, 0) is 11.4 Å². The van der Waals surface area contributed by atoms with E-state index in [0.717, 1.165) is 33.2 Å². The Morgan fingerprint density at radius 2 is 2.07 bits per heavy atom. The van der Waals surface area contributed by atoms with Crippen molar-refractivity contribution in [2.45, 2.75) is 12.5 Å². The first-order valence-electron chi connectivity index (χ1n) is 9.01. The van der Waals surface area contributed by atoms with Gasteiger partial charge >= 0.3 is 0 Å². The number of hydrogen-bond acceptors (Lipinski definition) is 4. The summed E-state index contributed by atoms with van der Waals surface area (Å²) in [5, 5.41) is 20.1. The number of para-hydroxylation sites is 1. The summed E-state index contributed by atoms with van der Waals surface area (Å²) in [5.74, 6) is -0.699. The molecule has 0 saturated carbocycles. The number of amides is 1. The molecule has 2 heterocycles. The van der Waals surface area contributed by atoms with Crippen molar-refractivity contribution in [2.75, 3.05) is 11.9 Å². The Bertz CT molecular complexity index is 1100. The highest BCUT2D eigenvalue weighted by Gasteiger charge is 2.21. The topological polar surface area (TPSA) is 120 Å². The Kier molecular flexibility index (Phi) is 4.92. The van der Waals surface area contributed by atoms with Crippen LogP contribution in [0.5, 0.6) is 0 Å². The van der Waals surface area contributed by atoms with E-state index in [0.29, 0.717) is 5.69 Å². The molecule has 0 saturated heterocycles. The van der Waals surface area contributed by atoms with Gasteiger partial charge < -0.3 is 21.1 Å². The number of aromatic amines is 2. The fourth-order valence-electron chi connectivity index (χ4n) is 3.42. The van der Waals surface area contributed by atoms with Crippen molar-refractivity contribution in [1.82, 2.24) is 15.2 Å². The number of hydrogen-bond donors (Lipinski definition) is 5. The van der Waals surface area contributed by atoms with E-state index in [9.17, 15) is 9.90 Å². The minimum atomic E-state index is -0.509. The number of aliphatic hydroxyl groups is 1. The standard InChI is InChI=1S/C21H21N5O2/c22-8-17(14-4-1-3-13(7-14)12-27)21(28)26-19-6-2-5-16-18(11-23-20(16)19)15-9-24-25-10-15/h1-7,9-11,17,23,27H,8,12,22H2,(H,24,25)(H,26,28). The van der Waals surface area contributed by atoms with Gasteiger partial charge in [-0.2, -0.15) is 5.10 Å². The smallest absolute Gasteiger partial charge is 0.233 e. The van der Waals surface area contributed by atoms with Crippen LogP contribution in [0.1, 0.15) is 17.0 Å². The lowest BCUT2D eigenvalue weighted by Gasteiger charge is -2.16. The minimum absolute atomic E-state index is 0.0781. The lowest BCUT2D eigenvalue weighted by Crippen LogP contribution is -2.27. The number of aromatic nitrogens is 3. The maximum atomic E-state index is 12.9. The number of carbonyl (C=O) groups excluding carboxylic acids is 1. The molecule has 0 aliphatic heterocycles. The summed E-state index contributed by atoms with van der Waals surface area (Å²) in [6.07, 6.45) is 5.48. The highest BCUT2D eigenvalue weighted by Crippen LogP contribution is 2.32. The number of nitrogens with zero attached hydrogens (tertiary/aromatic N) is 1. The van der Waals surface area contributed by atoms with Crippen LogP contribution in [0.2, 0.25) is 0 Å². The maximum Gasteiger partial charge on any atom is 0.233 e. The van der Waals surface area contributed by atoms with E-state index in [1.807, 2.05) is 54.9 Å². The van der Waals surface area contributed by atoms with Crippen molar-refractivity contribution in [3.05, 3.63) is 72.2 Å². The van der Waals surface area contributed by atoms with Crippen LogP contribution in [0.3, 0.4) is 0 Å². The number of rotatable bonds is 6. The van der Waals surface area contributed by atoms with Gasteiger partial charge in [-0.3, -0.25) is 9.89 Å². The highest BCUT2D eigenvalue weighted by molar-refractivity contribution is 6.07. The zero-order valence-electron chi connectivity index (χ0n) is 15.1. The molecule has 2 aromatic carbocycles. The van der Waals surface area contributed by atoms with Crippen molar-refractivity contribution in [2.24, 2.45) is 5.73 Å². The summed E-state index contributed by atoms with van der Waals surface area (Å²) in [7, 11) is 0. The molecular formula is C21H21N5O2. The van der Waals surface area contributed by atoms with Gasteiger partial charge in [0, 0.05) is 35.5 Å². The second kappa shape index (κ2) is 7.67. The molecule has 0 bridgehead atoms.